The molecule has 0 unspecified atom stereocenters. The van der Waals surface area contributed by atoms with Crippen LogP contribution in [0.1, 0.15) is 43.0 Å². The van der Waals surface area contributed by atoms with E-state index in [1.165, 1.54) is 0 Å². The average molecular weight is 493 g/mol. The fourth-order valence-electron chi connectivity index (χ4n) is 2.69. The molecule has 2 rings (SSSR count). The number of furan rings is 1. The van der Waals surface area contributed by atoms with Crippen LogP contribution in [0.2, 0.25) is 0 Å². The number of nitrogens with two attached hydrogens (primary N) is 1. The number of piperidine rings is 1. The maximum atomic E-state index is 11.7. The molecule has 1 aliphatic rings. The van der Waals surface area contributed by atoms with E-state index < -0.39 is 5.91 Å². The van der Waals surface area contributed by atoms with Crippen molar-refractivity contribution in [2.45, 2.75) is 39.3 Å². The summed E-state index contributed by atoms with van der Waals surface area (Å²) in [5, 5.41) is 6.56. The minimum atomic E-state index is -0.598. The number of carbonyl (C=O) groups excluding carboxylic acids is 2. The molecule has 9 nitrogen and oxygen atoms in total. The van der Waals surface area contributed by atoms with Crippen LogP contribution in [0.4, 0.5) is 4.79 Å². The van der Waals surface area contributed by atoms with Crippen molar-refractivity contribution in [1.82, 2.24) is 15.5 Å². The highest BCUT2D eigenvalue weighted by Gasteiger charge is 2.24. The zero-order chi connectivity index (χ0) is 18.9. The lowest BCUT2D eigenvalue weighted by Crippen LogP contribution is -2.49. The number of nitrogens with zero attached hydrogens (tertiary/aromatic N) is 2. The van der Waals surface area contributed by atoms with Crippen molar-refractivity contribution in [2.75, 3.05) is 26.2 Å². The van der Waals surface area contributed by atoms with Gasteiger partial charge in [0, 0.05) is 25.7 Å². The second-order valence-electron chi connectivity index (χ2n) is 5.93. The number of rotatable bonds is 6. The maximum absolute atomic E-state index is 11.7. The van der Waals surface area contributed by atoms with Gasteiger partial charge in [-0.15, -0.1) is 24.0 Å². The van der Waals surface area contributed by atoms with E-state index in [1.807, 2.05) is 6.92 Å². The molecule has 1 aromatic rings. The van der Waals surface area contributed by atoms with E-state index in [0.717, 1.165) is 19.4 Å². The first-order valence-electron chi connectivity index (χ1n) is 8.88. The lowest BCUT2D eigenvalue weighted by atomic mass is 10.1. The van der Waals surface area contributed by atoms with Gasteiger partial charge in [-0.2, -0.15) is 0 Å². The molecule has 2 heterocycles. The number of halogens is 1. The first-order chi connectivity index (χ1) is 12.5. The SMILES string of the molecule is CCNC(=NCc1ccc(C(N)=O)o1)NC1CCN(C(=O)OCC)CC1.I. The topological polar surface area (TPSA) is 122 Å². The van der Waals surface area contributed by atoms with Gasteiger partial charge in [0.15, 0.2) is 11.7 Å². The minimum Gasteiger partial charge on any atom is -0.454 e. The van der Waals surface area contributed by atoms with Crippen LogP contribution in [0.3, 0.4) is 0 Å². The molecule has 0 spiro atoms. The quantitative estimate of drug-likeness (QED) is 0.315. The Bertz CT molecular complexity index is 641. The Morgan fingerprint density at radius 3 is 2.59 bits per heavy atom. The van der Waals surface area contributed by atoms with E-state index in [0.29, 0.717) is 38.0 Å². The molecule has 1 saturated heterocycles. The number of ether oxygens (including phenoxy) is 1. The molecule has 0 saturated carbocycles. The van der Waals surface area contributed by atoms with Gasteiger partial charge in [0.2, 0.25) is 0 Å². The van der Waals surface area contributed by atoms with E-state index in [4.69, 9.17) is 14.9 Å². The van der Waals surface area contributed by atoms with Crippen LogP contribution >= 0.6 is 24.0 Å². The summed E-state index contributed by atoms with van der Waals surface area (Å²) in [6, 6.07) is 3.44. The van der Waals surface area contributed by atoms with Gasteiger partial charge in [-0.1, -0.05) is 0 Å². The van der Waals surface area contributed by atoms with Crippen molar-refractivity contribution in [1.29, 1.82) is 0 Å². The number of nitrogens with one attached hydrogen (secondary N) is 2. The van der Waals surface area contributed by atoms with Gasteiger partial charge >= 0.3 is 6.09 Å². The zero-order valence-corrected chi connectivity index (χ0v) is 18.0. The van der Waals surface area contributed by atoms with Gasteiger partial charge in [-0.3, -0.25) is 4.79 Å². The largest absolute Gasteiger partial charge is 0.454 e. The molecule has 152 valence electrons. The smallest absolute Gasteiger partial charge is 0.409 e. The highest BCUT2D eigenvalue weighted by Crippen LogP contribution is 2.12. The van der Waals surface area contributed by atoms with Gasteiger partial charge in [-0.25, -0.2) is 9.79 Å². The highest BCUT2D eigenvalue weighted by molar-refractivity contribution is 14.0. The molecule has 0 atom stereocenters. The lowest BCUT2D eigenvalue weighted by molar-refractivity contribution is 0.0959. The number of carbonyl (C=O) groups is 2. The number of amides is 2. The second kappa shape index (κ2) is 11.7. The number of likely N-dealkylation sites (tertiary alicyclic amines) is 1. The Hall–Kier alpha value is -1.98. The van der Waals surface area contributed by atoms with Crippen LogP contribution in [0.25, 0.3) is 0 Å². The summed E-state index contributed by atoms with van der Waals surface area (Å²) in [4.78, 5) is 29.0. The number of hydrogen-bond acceptors (Lipinski definition) is 5. The molecule has 4 N–H and O–H groups in total. The monoisotopic (exact) mass is 493 g/mol. The number of hydrogen-bond donors (Lipinski definition) is 3. The predicted molar refractivity (Wildman–Crippen MR) is 112 cm³/mol. The van der Waals surface area contributed by atoms with Crippen LogP contribution in [-0.4, -0.2) is 55.1 Å². The lowest BCUT2D eigenvalue weighted by Gasteiger charge is -2.32. The van der Waals surface area contributed by atoms with Crippen molar-refractivity contribution in [2.24, 2.45) is 10.7 Å². The third kappa shape index (κ3) is 7.27. The molecular formula is C17H28IN5O4. The molecule has 10 heteroatoms. The fraction of sp³-hybridized carbons (Fsp3) is 0.588. The van der Waals surface area contributed by atoms with E-state index >= 15 is 0 Å². The maximum Gasteiger partial charge on any atom is 0.409 e. The minimum absolute atomic E-state index is 0. The molecule has 2 amide bonds. The summed E-state index contributed by atoms with van der Waals surface area (Å²) in [6.07, 6.45) is 1.38. The number of primary amides is 1. The van der Waals surface area contributed by atoms with Crippen molar-refractivity contribution < 1.29 is 18.7 Å². The van der Waals surface area contributed by atoms with Crippen molar-refractivity contribution >= 4 is 41.9 Å². The standard InChI is InChI=1S/C17H27N5O4.HI/c1-3-19-16(20-11-13-5-6-14(26-13)15(18)23)21-12-7-9-22(10-8-12)17(24)25-4-2;/h5-6,12H,3-4,7-11H2,1-2H3,(H2,18,23)(H2,19,20,21);1H. The molecule has 1 aromatic heterocycles. The van der Waals surface area contributed by atoms with Crippen LogP contribution in [0, 0.1) is 0 Å². The molecule has 0 aromatic carbocycles. The van der Waals surface area contributed by atoms with Crippen LogP contribution in [0.15, 0.2) is 21.5 Å². The summed E-state index contributed by atoms with van der Waals surface area (Å²) in [7, 11) is 0. The first kappa shape index (κ1) is 23.1. The van der Waals surface area contributed by atoms with Gasteiger partial charge < -0.3 is 30.4 Å². The molecule has 0 aliphatic carbocycles. The summed E-state index contributed by atoms with van der Waals surface area (Å²) < 4.78 is 10.4. The van der Waals surface area contributed by atoms with Gasteiger partial charge in [0.1, 0.15) is 12.3 Å². The molecule has 1 aliphatic heterocycles. The van der Waals surface area contributed by atoms with E-state index in [1.54, 1.807) is 24.0 Å². The first-order valence-corrected chi connectivity index (χ1v) is 8.88. The number of aliphatic imine (C=N–C) groups is 1. The Kier molecular flexibility index (Phi) is 9.97. The Morgan fingerprint density at radius 2 is 2.04 bits per heavy atom. The van der Waals surface area contributed by atoms with E-state index in [2.05, 4.69) is 15.6 Å². The van der Waals surface area contributed by atoms with Crippen LogP contribution in [-0.2, 0) is 11.3 Å². The second-order valence-corrected chi connectivity index (χ2v) is 5.93. The Labute approximate surface area is 176 Å². The molecule has 27 heavy (non-hydrogen) atoms. The van der Waals surface area contributed by atoms with Gasteiger partial charge in [-0.05, 0) is 38.8 Å². The normalized spacial score (nSPS) is 15.0. The third-order valence-electron chi connectivity index (χ3n) is 4.00. The third-order valence-corrected chi connectivity index (χ3v) is 4.00. The Balaban J connectivity index is 0.00000364. The summed E-state index contributed by atoms with van der Waals surface area (Å²) in [5.41, 5.74) is 5.18. The van der Waals surface area contributed by atoms with Crippen molar-refractivity contribution in [3.63, 3.8) is 0 Å². The predicted octanol–water partition coefficient (Wildman–Crippen LogP) is 1.67. The molecule has 0 radical (unpaired) electrons. The van der Waals surface area contributed by atoms with Crippen LogP contribution in [0.5, 0.6) is 0 Å². The van der Waals surface area contributed by atoms with Crippen molar-refractivity contribution in [3.8, 4) is 0 Å². The zero-order valence-electron chi connectivity index (χ0n) is 15.7. The van der Waals surface area contributed by atoms with Crippen molar-refractivity contribution in [3.05, 3.63) is 23.7 Å². The number of guanidine groups is 1. The van der Waals surface area contributed by atoms with E-state index in [9.17, 15) is 9.59 Å². The Morgan fingerprint density at radius 1 is 1.33 bits per heavy atom. The average Bonchev–Trinajstić information content (AvgIpc) is 3.10. The van der Waals surface area contributed by atoms with Crippen LogP contribution < -0.4 is 16.4 Å². The summed E-state index contributed by atoms with van der Waals surface area (Å²) in [5.74, 6) is 0.755. The highest BCUT2D eigenvalue weighted by atomic mass is 127. The summed E-state index contributed by atoms with van der Waals surface area (Å²) in [6.45, 7) is 6.49. The van der Waals surface area contributed by atoms with Gasteiger partial charge in [0.05, 0.1) is 6.61 Å². The fourth-order valence-corrected chi connectivity index (χ4v) is 2.69. The summed E-state index contributed by atoms with van der Waals surface area (Å²) >= 11 is 0. The molecule has 1 fully saturated rings. The van der Waals surface area contributed by atoms with E-state index in [-0.39, 0.29) is 41.9 Å². The molecular weight excluding hydrogens is 465 g/mol. The van der Waals surface area contributed by atoms with Gasteiger partial charge in [0.25, 0.3) is 5.91 Å². The molecule has 0 bridgehead atoms.